The van der Waals surface area contributed by atoms with Crippen LogP contribution >= 0.6 is 0 Å². The number of pyridine rings is 1. The third-order valence-corrected chi connectivity index (χ3v) is 8.39. The summed E-state index contributed by atoms with van der Waals surface area (Å²) in [5.74, 6) is -0.795. The smallest absolute Gasteiger partial charge is 0.416 e. The molecule has 1 aliphatic heterocycles. The monoisotopic (exact) mass is 544 g/mol. The first-order valence-corrected chi connectivity index (χ1v) is 13.4. The fourth-order valence-corrected chi connectivity index (χ4v) is 6.32. The van der Waals surface area contributed by atoms with Gasteiger partial charge in [-0.25, -0.2) is 8.42 Å². The van der Waals surface area contributed by atoms with E-state index in [1.54, 1.807) is 36.4 Å². The van der Waals surface area contributed by atoms with Gasteiger partial charge in [0, 0.05) is 36.2 Å². The molecule has 0 radical (unpaired) electrons. The van der Waals surface area contributed by atoms with Crippen LogP contribution in [0, 0.1) is 0 Å². The Morgan fingerprint density at radius 1 is 1.11 bits per heavy atom. The number of benzene rings is 2. The number of carbonyl (C=O) groups is 1. The molecule has 7 nitrogen and oxygen atoms in total. The standard InChI is InChI=1S/C27H23F3N2O5S/c28-27(29,30)19-8-9-20(24(34)16-19)21-14-17(11-12-31-21)7-10-23(33)22-5-3-13-32(22)38(35,36)26-15-18-4-1-2-6-25(18)37-26/h1-2,4,6,8-9,11-12,14-16,22,34H,3,5,7,10,13H2. The number of sulfonamides is 1. The molecule has 1 N–H and O–H groups in total. The Kier molecular flexibility index (Phi) is 6.74. The van der Waals surface area contributed by atoms with Gasteiger partial charge in [-0.05, 0) is 61.2 Å². The van der Waals surface area contributed by atoms with E-state index in [0.717, 1.165) is 12.1 Å². The van der Waals surface area contributed by atoms with Crippen LogP contribution in [0.15, 0.2) is 76.4 Å². The predicted molar refractivity (Wildman–Crippen MR) is 133 cm³/mol. The molecule has 1 atom stereocenters. The number of para-hydroxylation sites is 1. The Morgan fingerprint density at radius 2 is 1.89 bits per heavy atom. The van der Waals surface area contributed by atoms with Gasteiger partial charge in [0.1, 0.15) is 11.3 Å². The van der Waals surface area contributed by atoms with E-state index >= 15 is 0 Å². The van der Waals surface area contributed by atoms with E-state index in [2.05, 4.69) is 4.98 Å². The molecular weight excluding hydrogens is 521 g/mol. The highest BCUT2D eigenvalue weighted by Crippen LogP contribution is 2.36. The Morgan fingerprint density at radius 3 is 2.63 bits per heavy atom. The number of aromatic nitrogens is 1. The molecule has 0 amide bonds. The van der Waals surface area contributed by atoms with Crippen LogP contribution in [-0.2, 0) is 27.4 Å². The lowest BCUT2D eigenvalue weighted by molar-refractivity contribution is -0.137. The molecule has 0 saturated carbocycles. The van der Waals surface area contributed by atoms with Crippen molar-refractivity contribution in [2.45, 2.75) is 43.0 Å². The number of ketones is 1. The first-order valence-electron chi connectivity index (χ1n) is 11.9. The highest BCUT2D eigenvalue weighted by Gasteiger charge is 2.40. The molecule has 5 rings (SSSR count). The first kappa shape index (κ1) is 25.9. The number of fused-ring (bicyclic) bond motifs is 1. The Hall–Kier alpha value is -3.70. The number of alkyl halides is 3. The van der Waals surface area contributed by atoms with E-state index in [-0.39, 0.29) is 41.5 Å². The van der Waals surface area contributed by atoms with Crippen molar-refractivity contribution in [2.75, 3.05) is 6.54 Å². The van der Waals surface area contributed by atoms with Crippen molar-refractivity contribution in [1.82, 2.24) is 9.29 Å². The number of phenolic OH excluding ortho intramolecular Hbond substituents is 1. The van der Waals surface area contributed by atoms with E-state index in [9.17, 15) is 31.5 Å². The summed E-state index contributed by atoms with van der Waals surface area (Å²) in [7, 11) is -4.01. The van der Waals surface area contributed by atoms with Crippen LogP contribution in [0.2, 0.25) is 0 Å². The fourth-order valence-electron chi connectivity index (χ4n) is 4.69. The van der Waals surface area contributed by atoms with Gasteiger partial charge in [-0.3, -0.25) is 9.78 Å². The fraction of sp³-hybridized carbons (Fsp3) is 0.259. The van der Waals surface area contributed by atoms with Gasteiger partial charge < -0.3 is 9.52 Å². The van der Waals surface area contributed by atoms with Gasteiger partial charge in [-0.1, -0.05) is 18.2 Å². The predicted octanol–water partition coefficient (Wildman–Crippen LogP) is 5.57. The number of aromatic hydroxyl groups is 1. The van der Waals surface area contributed by atoms with Crippen LogP contribution in [0.1, 0.15) is 30.4 Å². The van der Waals surface area contributed by atoms with Gasteiger partial charge >= 0.3 is 6.18 Å². The number of phenols is 1. The zero-order valence-corrected chi connectivity index (χ0v) is 20.8. The molecule has 0 bridgehead atoms. The lowest BCUT2D eigenvalue weighted by Crippen LogP contribution is -2.40. The van der Waals surface area contributed by atoms with Crippen LogP contribution in [-0.4, -0.2) is 41.2 Å². The number of furan rings is 1. The second-order valence-electron chi connectivity index (χ2n) is 9.12. The van der Waals surface area contributed by atoms with Crippen LogP contribution in [0.3, 0.4) is 0 Å². The van der Waals surface area contributed by atoms with E-state index in [1.807, 2.05) is 0 Å². The van der Waals surface area contributed by atoms with Crippen LogP contribution < -0.4 is 0 Å². The lowest BCUT2D eigenvalue weighted by Gasteiger charge is -2.21. The highest BCUT2D eigenvalue weighted by atomic mass is 32.2. The molecule has 1 saturated heterocycles. The van der Waals surface area contributed by atoms with Gasteiger partial charge in [0.25, 0.3) is 10.0 Å². The van der Waals surface area contributed by atoms with Gasteiger partial charge in [0.05, 0.1) is 17.3 Å². The number of Topliss-reactive ketones (excluding diaryl/α,β-unsaturated/α-hetero) is 1. The van der Waals surface area contributed by atoms with Gasteiger partial charge in [0.2, 0.25) is 5.09 Å². The molecule has 0 aliphatic carbocycles. The van der Waals surface area contributed by atoms with Crippen molar-refractivity contribution in [1.29, 1.82) is 0 Å². The Balaban J connectivity index is 1.30. The third-order valence-electron chi connectivity index (χ3n) is 6.63. The molecule has 11 heteroatoms. The van der Waals surface area contributed by atoms with Gasteiger partial charge in [0.15, 0.2) is 5.78 Å². The first-order chi connectivity index (χ1) is 18.0. The van der Waals surface area contributed by atoms with Crippen molar-refractivity contribution in [3.63, 3.8) is 0 Å². The van der Waals surface area contributed by atoms with E-state index in [0.29, 0.717) is 35.4 Å². The molecule has 3 heterocycles. The molecule has 1 fully saturated rings. The zero-order chi connectivity index (χ0) is 27.1. The normalized spacial score (nSPS) is 16.8. The SMILES string of the molecule is O=C(CCc1ccnc(-c2ccc(C(F)(F)F)cc2O)c1)C1CCCN1S(=O)(=O)c1cc2ccccc2o1. The van der Waals surface area contributed by atoms with Crippen LogP contribution in [0.5, 0.6) is 5.75 Å². The summed E-state index contributed by atoms with van der Waals surface area (Å²) in [6.45, 7) is 0.211. The molecule has 0 spiro atoms. The summed E-state index contributed by atoms with van der Waals surface area (Å²) in [6.07, 6.45) is -1.87. The second kappa shape index (κ2) is 9.88. The average molecular weight is 545 g/mol. The third kappa shape index (κ3) is 5.03. The number of hydrogen-bond donors (Lipinski definition) is 1. The minimum atomic E-state index is -4.59. The summed E-state index contributed by atoms with van der Waals surface area (Å²) in [5.41, 5.74) is 0.536. The molecular formula is C27H23F3N2O5S. The second-order valence-corrected chi connectivity index (χ2v) is 10.9. The van der Waals surface area contributed by atoms with Crippen molar-refractivity contribution >= 4 is 26.8 Å². The van der Waals surface area contributed by atoms with Crippen LogP contribution in [0.25, 0.3) is 22.2 Å². The Bertz CT molecular complexity index is 1580. The summed E-state index contributed by atoms with van der Waals surface area (Å²) >= 11 is 0. The summed E-state index contributed by atoms with van der Waals surface area (Å²) < 4.78 is 72.1. The van der Waals surface area contributed by atoms with Crippen LogP contribution in [0.4, 0.5) is 13.2 Å². The number of nitrogens with zero attached hydrogens (tertiary/aromatic N) is 2. The van der Waals surface area contributed by atoms with E-state index < -0.39 is 33.6 Å². The molecule has 38 heavy (non-hydrogen) atoms. The topological polar surface area (TPSA) is 101 Å². The molecule has 4 aromatic rings. The van der Waals surface area contributed by atoms with Gasteiger partial charge in [-0.2, -0.15) is 17.5 Å². The van der Waals surface area contributed by atoms with Crippen molar-refractivity contribution < 1.29 is 35.9 Å². The van der Waals surface area contributed by atoms with E-state index in [4.69, 9.17) is 4.42 Å². The minimum absolute atomic E-state index is 0.0548. The molecule has 1 aliphatic rings. The lowest BCUT2D eigenvalue weighted by atomic mass is 10.0. The Labute approximate surface area is 216 Å². The van der Waals surface area contributed by atoms with Crippen molar-refractivity contribution in [3.8, 4) is 17.0 Å². The number of halogens is 3. The van der Waals surface area contributed by atoms with E-state index in [1.165, 1.54) is 16.6 Å². The zero-order valence-electron chi connectivity index (χ0n) is 20.0. The summed E-state index contributed by atoms with van der Waals surface area (Å²) in [6, 6.07) is 13.5. The maximum absolute atomic E-state index is 13.3. The van der Waals surface area contributed by atoms with Crippen molar-refractivity contribution in [3.05, 3.63) is 78.0 Å². The van der Waals surface area contributed by atoms with Crippen molar-refractivity contribution in [2.24, 2.45) is 0 Å². The minimum Gasteiger partial charge on any atom is -0.507 e. The quantitative estimate of drug-likeness (QED) is 0.326. The number of carbonyl (C=O) groups excluding carboxylic acids is 1. The summed E-state index contributed by atoms with van der Waals surface area (Å²) in [5, 5.41) is 10.6. The molecule has 2 aromatic carbocycles. The number of rotatable bonds is 7. The maximum Gasteiger partial charge on any atom is 0.416 e. The number of aryl methyl sites for hydroxylation is 1. The molecule has 1 unspecified atom stereocenters. The number of hydrogen-bond acceptors (Lipinski definition) is 6. The highest BCUT2D eigenvalue weighted by molar-refractivity contribution is 7.89. The van der Waals surface area contributed by atoms with Gasteiger partial charge in [-0.15, -0.1) is 0 Å². The molecule has 2 aromatic heterocycles. The largest absolute Gasteiger partial charge is 0.507 e. The maximum atomic E-state index is 13.3. The molecule has 198 valence electrons. The average Bonchev–Trinajstić information content (AvgIpc) is 3.55. The summed E-state index contributed by atoms with van der Waals surface area (Å²) in [4.78, 5) is 17.3.